The Hall–Kier alpha value is -0.860. The van der Waals surface area contributed by atoms with Gasteiger partial charge in [0.25, 0.3) is 0 Å². The zero-order valence-electron chi connectivity index (χ0n) is 15.6. The summed E-state index contributed by atoms with van der Waals surface area (Å²) < 4.78 is 10.7. The average Bonchev–Trinajstić information content (AvgIpc) is 2.61. The molecule has 0 unspecified atom stereocenters. The number of unbranched alkanes of at least 4 members (excludes halogenated alkanes) is 1. The van der Waals surface area contributed by atoms with Crippen LogP contribution in [0.4, 0.5) is 0 Å². The van der Waals surface area contributed by atoms with E-state index in [2.05, 4.69) is 46.8 Å². The van der Waals surface area contributed by atoms with Gasteiger partial charge in [0, 0.05) is 40.0 Å². The van der Waals surface area contributed by atoms with E-state index in [1.54, 1.807) is 7.11 Å². The van der Waals surface area contributed by atoms with Crippen molar-refractivity contribution in [2.24, 2.45) is 4.99 Å². The predicted molar refractivity (Wildman–Crippen MR) is 116 cm³/mol. The van der Waals surface area contributed by atoms with Gasteiger partial charge in [-0.25, -0.2) is 0 Å². The van der Waals surface area contributed by atoms with Gasteiger partial charge in [-0.3, -0.25) is 4.99 Å². The Morgan fingerprint density at radius 2 is 1.80 bits per heavy atom. The Labute approximate surface area is 170 Å². The van der Waals surface area contributed by atoms with E-state index >= 15 is 0 Å². The molecule has 0 aromatic heterocycles. The molecule has 0 aliphatic rings. The fourth-order valence-electron chi connectivity index (χ4n) is 2.21. The van der Waals surface area contributed by atoms with Gasteiger partial charge >= 0.3 is 0 Å². The molecule has 25 heavy (non-hydrogen) atoms. The number of rotatable bonds is 13. The lowest BCUT2D eigenvalue weighted by Gasteiger charge is -2.11. The van der Waals surface area contributed by atoms with Gasteiger partial charge in [-0.05, 0) is 38.2 Å². The van der Waals surface area contributed by atoms with Crippen LogP contribution in [0.15, 0.2) is 35.3 Å². The minimum Gasteiger partial charge on any atom is -0.385 e. The molecule has 1 aromatic rings. The molecule has 1 aromatic carbocycles. The molecule has 0 radical (unpaired) electrons. The largest absolute Gasteiger partial charge is 0.385 e. The SMILES string of the molecule is CCNC(=NCCCOC)NCCCCOCCc1ccccc1.I. The van der Waals surface area contributed by atoms with E-state index in [0.717, 1.165) is 71.1 Å². The van der Waals surface area contributed by atoms with Gasteiger partial charge in [0.05, 0.1) is 6.61 Å². The molecule has 0 atom stereocenters. The molecule has 6 heteroatoms. The first-order valence-corrected chi connectivity index (χ1v) is 8.99. The summed E-state index contributed by atoms with van der Waals surface area (Å²) in [5, 5.41) is 6.61. The number of ether oxygens (including phenoxy) is 2. The Kier molecular flexibility index (Phi) is 17.3. The molecule has 0 bridgehead atoms. The van der Waals surface area contributed by atoms with E-state index in [-0.39, 0.29) is 24.0 Å². The third kappa shape index (κ3) is 14.0. The molecule has 0 amide bonds. The van der Waals surface area contributed by atoms with Crippen molar-refractivity contribution in [3.05, 3.63) is 35.9 Å². The van der Waals surface area contributed by atoms with Crippen molar-refractivity contribution in [3.8, 4) is 0 Å². The van der Waals surface area contributed by atoms with Crippen molar-refractivity contribution < 1.29 is 9.47 Å². The number of benzene rings is 1. The number of hydrogen-bond acceptors (Lipinski definition) is 3. The van der Waals surface area contributed by atoms with Gasteiger partial charge in [-0.2, -0.15) is 0 Å². The smallest absolute Gasteiger partial charge is 0.191 e. The van der Waals surface area contributed by atoms with Crippen LogP contribution in [0.2, 0.25) is 0 Å². The summed E-state index contributed by atoms with van der Waals surface area (Å²) in [5.74, 6) is 0.888. The van der Waals surface area contributed by atoms with Gasteiger partial charge in [-0.15, -0.1) is 24.0 Å². The predicted octanol–water partition coefficient (Wildman–Crippen LogP) is 3.24. The number of halogens is 1. The molecule has 0 saturated carbocycles. The zero-order valence-corrected chi connectivity index (χ0v) is 18.0. The Morgan fingerprint density at radius 1 is 1.00 bits per heavy atom. The zero-order chi connectivity index (χ0) is 17.3. The second-order valence-corrected chi connectivity index (χ2v) is 5.59. The maximum atomic E-state index is 5.70. The van der Waals surface area contributed by atoms with Crippen LogP contribution in [0.3, 0.4) is 0 Å². The van der Waals surface area contributed by atoms with Crippen molar-refractivity contribution >= 4 is 29.9 Å². The molecule has 0 saturated heterocycles. The van der Waals surface area contributed by atoms with Crippen LogP contribution in [0.1, 0.15) is 31.7 Å². The fourth-order valence-corrected chi connectivity index (χ4v) is 2.21. The number of methoxy groups -OCH3 is 1. The standard InChI is InChI=1S/C19H33N3O2.HI/c1-3-20-19(22-14-9-15-23-2)21-13-7-8-16-24-17-12-18-10-5-4-6-11-18;/h4-6,10-11H,3,7-9,12-17H2,1-2H3,(H2,20,21,22);1H. The van der Waals surface area contributed by atoms with E-state index in [1.807, 2.05) is 6.07 Å². The summed E-state index contributed by atoms with van der Waals surface area (Å²) in [6.45, 7) is 7.01. The highest BCUT2D eigenvalue weighted by Gasteiger charge is 1.97. The molecular formula is C19H34IN3O2. The van der Waals surface area contributed by atoms with Crippen LogP contribution in [0, 0.1) is 0 Å². The minimum absolute atomic E-state index is 0. The van der Waals surface area contributed by atoms with Crippen molar-refractivity contribution in [2.75, 3.05) is 46.6 Å². The summed E-state index contributed by atoms with van der Waals surface area (Å²) in [4.78, 5) is 4.51. The highest BCUT2D eigenvalue weighted by Crippen LogP contribution is 2.00. The van der Waals surface area contributed by atoms with E-state index in [4.69, 9.17) is 9.47 Å². The maximum absolute atomic E-state index is 5.70. The van der Waals surface area contributed by atoms with Gasteiger partial charge in [0.1, 0.15) is 0 Å². The minimum atomic E-state index is 0. The average molecular weight is 463 g/mol. The number of nitrogens with zero attached hydrogens (tertiary/aromatic N) is 1. The molecule has 5 nitrogen and oxygen atoms in total. The first-order valence-electron chi connectivity index (χ1n) is 8.99. The molecule has 0 spiro atoms. The first-order chi connectivity index (χ1) is 11.9. The van der Waals surface area contributed by atoms with Crippen LogP contribution in [-0.4, -0.2) is 52.5 Å². The molecule has 144 valence electrons. The summed E-state index contributed by atoms with van der Waals surface area (Å²) in [6.07, 6.45) is 4.07. The Morgan fingerprint density at radius 3 is 2.52 bits per heavy atom. The molecule has 2 N–H and O–H groups in total. The molecule has 1 rings (SSSR count). The molecule has 0 aliphatic carbocycles. The highest BCUT2D eigenvalue weighted by molar-refractivity contribution is 14.0. The number of guanidine groups is 1. The third-order valence-electron chi connectivity index (χ3n) is 3.51. The second-order valence-electron chi connectivity index (χ2n) is 5.59. The normalized spacial score (nSPS) is 11.0. The molecule has 0 aliphatic heterocycles. The third-order valence-corrected chi connectivity index (χ3v) is 3.51. The molecule has 0 fully saturated rings. The van der Waals surface area contributed by atoms with Gasteiger partial charge in [0.2, 0.25) is 0 Å². The topological polar surface area (TPSA) is 54.9 Å². The van der Waals surface area contributed by atoms with Gasteiger partial charge in [0.15, 0.2) is 5.96 Å². The van der Waals surface area contributed by atoms with Gasteiger partial charge in [-0.1, -0.05) is 30.3 Å². The van der Waals surface area contributed by atoms with Crippen LogP contribution in [0.5, 0.6) is 0 Å². The van der Waals surface area contributed by atoms with Crippen LogP contribution >= 0.6 is 24.0 Å². The maximum Gasteiger partial charge on any atom is 0.191 e. The fraction of sp³-hybridized carbons (Fsp3) is 0.632. The van der Waals surface area contributed by atoms with E-state index in [9.17, 15) is 0 Å². The lowest BCUT2D eigenvalue weighted by Crippen LogP contribution is -2.38. The molecule has 0 heterocycles. The van der Waals surface area contributed by atoms with Crippen LogP contribution in [0.25, 0.3) is 0 Å². The van der Waals surface area contributed by atoms with Crippen LogP contribution < -0.4 is 10.6 Å². The number of hydrogen-bond donors (Lipinski definition) is 2. The van der Waals surface area contributed by atoms with Crippen molar-refractivity contribution in [3.63, 3.8) is 0 Å². The Balaban J connectivity index is 0.00000576. The van der Waals surface area contributed by atoms with Crippen molar-refractivity contribution in [1.29, 1.82) is 0 Å². The summed E-state index contributed by atoms with van der Waals surface area (Å²) in [6, 6.07) is 10.5. The summed E-state index contributed by atoms with van der Waals surface area (Å²) in [5.41, 5.74) is 1.33. The first kappa shape index (κ1) is 24.1. The summed E-state index contributed by atoms with van der Waals surface area (Å²) in [7, 11) is 1.72. The van der Waals surface area contributed by atoms with Crippen molar-refractivity contribution in [2.45, 2.75) is 32.6 Å². The van der Waals surface area contributed by atoms with E-state index in [1.165, 1.54) is 5.56 Å². The lowest BCUT2D eigenvalue weighted by molar-refractivity contribution is 0.133. The Bertz CT molecular complexity index is 430. The molecular weight excluding hydrogens is 429 g/mol. The number of nitrogens with one attached hydrogen (secondary N) is 2. The quantitative estimate of drug-likeness (QED) is 0.204. The summed E-state index contributed by atoms with van der Waals surface area (Å²) >= 11 is 0. The second kappa shape index (κ2) is 17.9. The number of aliphatic imine (C=N–C) groups is 1. The highest BCUT2D eigenvalue weighted by atomic mass is 127. The van der Waals surface area contributed by atoms with E-state index < -0.39 is 0 Å². The monoisotopic (exact) mass is 463 g/mol. The van der Waals surface area contributed by atoms with Gasteiger partial charge < -0.3 is 20.1 Å². The lowest BCUT2D eigenvalue weighted by atomic mass is 10.2. The van der Waals surface area contributed by atoms with Crippen molar-refractivity contribution in [1.82, 2.24) is 10.6 Å². The van der Waals surface area contributed by atoms with Crippen LogP contribution in [-0.2, 0) is 15.9 Å². The van der Waals surface area contributed by atoms with E-state index in [0.29, 0.717) is 0 Å².